The molecule has 2 aromatic carbocycles. The van der Waals surface area contributed by atoms with Gasteiger partial charge in [-0.2, -0.15) is 0 Å². The van der Waals surface area contributed by atoms with Gasteiger partial charge >= 0.3 is 5.97 Å². The summed E-state index contributed by atoms with van der Waals surface area (Å²) in [5.41, 5.74) is 7.52. The lowest BCUT2D eigenvalue weighted by molar-refractivity contribution is -0.142. The first-order valence-corrected chi connectivity index (χ1v) is 11.7. The molecular formula is C26H30N6O5. The fourth-order valence-electron chi connectivity index (χ4n) is 3.73. The molecule has 0 saturated carbocycles. The van der Waals surface area contributed by atoms with Crippen molar-refractivity contribution in [3.05, 3.63) is 90.0 Å². The first-order valence-electron chi connectivity index (χ1n) is 11.7. The number of H-pyrrole nitrogens is 1. The van der Waals surface area contributed by atoms with Crippen molar-refractivity contribution in [2.24, 2.45) is 5.73 Å². The lowest BCUT2D eigenvalue weighted by Crippen LogP contribution is -2.57. The van der Waals surface area contributed by atoms with Gasteiger partial charge in [-0.15, -0.1) is 0 Å². The molecular weight excluding hydrogens is 476 g/mol. The number of aromatic nitrogens is 2. The van der Waals surface area contributed by atoms with Gasteiger partial charge < -0.3 is 31.8 Å². The molecule has 3 atom stereocenters. The second-order valence-electron chi connectivity index (χ2n) is 8.45. The average molecular weight is 507 g/mol. The minimum absolute atomic E-state index is 0.0176. The number of aromatic amines is 1. The van der Waals surface area contributed by atoms with Gasteiger partial charge in [0, 0.05) is 31.2 Å². The first-order chi connectivity index (χ1) is 17.9. The molecule has 11 heteroatoms. The Hall–Kier alpha value is -4.51. The van der Waals surface area contributed by atoms with Crippen molar-refractivity contribution in [1.29, 1.82) is 0 Å². The summed E-state index contributed by atoms with van der Waals surface area (Å²) in [4.78, 5) is 57.1. The number of carbonyl (C=O) groups is 4. The van der Waals surface area contributed by atoms with Crippen LogP contribution in [0.1, 0.15) is 16.8 Å². The molecule has 3 aromatic rings. The van der Waals surface area contributed by atoms with E-state index in [1.54, 1.807) is 24.3 Å². The normalized spacial score (nSPS) is 13.1. The Balaban J connectivity index is 1.80. The van der Waals surface area contributed by atoms with Gasteiger partial charge in [0.05, 0.1) is 12.9 Å². The first kappa shape index (κ1) is 27.1. The maximum absolute atomic E-state index is 13.3. The molecule has 0 spiro atoms. The van der Waals surface area contributed by atoms with Crippen molar-refractivity contribution >= 4 is 23.7 Å². The number of hydrogen-bond donors (Lipinski definition) is 6. The molecule has 0 fully saturated rings. The number of nitrogens with zero attached hydrogens (tertiary/aromatic N) is 1. The molecule has 3 rings (SSSR count). The molecule has 37 heavy (non-hydrogen) atoms. The van der Waals surface area contributed by atoms with Crippen LogP contribution in [0.2, 0.25) is 0 Å². The number of rotatable bonds is 13. The van der Waals surface area contributed by atoms with E-state index in [0.717, 1.165) is 11.1 Å². The van der Waals surface area contributed by atoms with Crippen LogP contribution in [-0.4, -0.2) is 63.4 Å². The predicted molar refractivity (Wildman–Crippen MR) is 135 cm³/mol. The quantitative estimate of drug-likeness (QED) is 0.188. The molecule has 1 aromatic heterocycles. The number of amides is 3. The van der Waals surface area contributed by atoms with Gasteiger partial charge in [-0.3, -0.25) is 14.4 Å². The molecule has 0 aliphatic carbocycles. The highest BCUT2D eigenvalue weighted by Gasteiger charge is 2.30. The van der Waals surface area contributed by atoms with Crippen molar-refractivity contribution in [2.45, 2.75) is 37.4 Å². The summed E-state index contributed by atoms with van der Waals surface area (Å²) >= 11 is 0. The molecule has 7 N–H and O–H groups in total. The molecule has 3 unspecified atom stereocenters. The van der Waals surface area contributed by atoms with Crippen molar-refractivity contribution in [2.75, 3.05) is 6.54 Å². The zero-order chi connectivity index (χ0) is 26.6. The van der Waals surface area contributed by atoms with Gasteiger partial charge in [0.1, 0.15) is 18.1 Å². The molecule has 0 radical (unpaired) electrons. The standard InChI is InChI=1S/C26H30N6O5/c27-14-23(33)30-20(11-17-7-3-1-4-8-17)24(34)31-21(12-18-9-5-2-6-10-18)25(35)32-22(26(36)37)13-19-15-28-16-29-19/h1-10,15-16,20-22H,11-14,27H2,(H,28,29)(H,30,33)(H,31,34)(H,32,35)(H,36,37). The zero-order valence-electron chi connectivity index (χ0n) is 20.1. The average Bonchev–Trinajstić information content (AvgIpc) is 3.41. The highest BCUT2D eigenvalue weighted by Crippen LogP contribution is 2.08. The predicted octanol–water partition coefficient (Wildman–Crippen LogP) is -0.0647. The van der Waals surface area contributed by atoms with Crippen LogP contribution in [0, 0.1) is 0 Å². The largest absolute Gasteiger partial charge is 0.480 e. The van der Waals surface area contributed by atoms with Gasteiger partial charge in [-0.1, -0.05) is 60.7 Å². The number of imidazole rings is 1. The third-order valence-corrected chi connectivity index (χ3v) is 5.63. The summed E-state index contributed by atoms with van der Waals surface area (Å²) in [6.45, 7) is -0.305. The number of nitrogens with one attached hydrogen (secondary N) is 4. The lowest BCUT2D eigenvalue weighted by atomic mass is 10.0. The van der Waals surface area contributed by atoms with Crippen LogP contribution >= 0.6 is 0 Å². The van der Waals surface area contributed by atoms with Crippen molar-refractivity contribution < 1.29 is 24.3 Å². The van der Waals surface area contributed by atoms with Crippen molar-refractivity contribution in [1.82, 2.24) is 25.9 Å². The number of carbonyl (C=O) groups excluding carboxylic acids is 3. The molecule has 194 valence electrons. The summed E-state index contributed by atoms with van der Waals surface area (Å²) < 4.78 is 0. The Kier molecular flexibility index (Phi) is 9.91. The molecule has 3 amide bonds. The number of carboxylic acids is 1. The van der Waals surface area contributed by atoms with E-state index in [1.165, 1.54) is 12.5 Å². The summed E-state index contributed by atoms with van der Waals surface area (Å²) in [5.74, 6) is -3.02. The summed E-state index contributed by atoms with van der Waals surface area (Å²) in [6.07, 6.45) is 3.15. The minimum atomic E-state index is -1.25. The summed E-state index contributed by atoms with van der Waals surface area (Å²) in [7, 11) is 0. The molecule has 1 heterocycles. The Morgan fingerprint density at radius 2 is 1.30 bits per heavy atom. The number of hydrogen-bond acceptors (Lipinski definition) is 6. The van der Waals surface area contributed by atoms with Crippen LogP contribution in [0.5, 0.6) is 0 Å². The van der Waals surface area contributed by atoms with E-state index in [2.05, 4.69) is 25.9 Å². The van der Waals surface area contributed by atoms with Gasteiger partial charge in [0.25, 0.3) is 0 Å². The Labute approximate surface area is 213 Å². The molecule has 0 aliphatic heterocycles. The van der Waals surface area contributed by atoms with E-state index in [-0.39, 0.29) is 25.8 Å². The maximum atomic E-state index is 13.3. The lowest BCUT2D eigenvalue weighted by Gasteiger charge is -2.24. The van der Waals surface area contributed by atoms with E-state index >= 15 is 0 Å². The Bertz CT molecular complexity index is 1170. The molecule has 0 aliphatic rings. The fraction of sp³-hybridized carbons (Fsp3) is 0.269. The third kappa shape index (κ3) is 8.58. The van der Waals surface area contributed by atoms with Crippen molar-refractivity contribution in [3.8, 4) is 0 Å². The highest BCUT2D eigenvalue weighted by molar-refractivity contribution is 5.94. The maximum Gasteiger partial charge on any atom is 0.326 e. The van der Waals surface area contributed by atoms with Crippen LogP contribution < -0.4 is 21.7 Å². The minimum Gasteiger partial charge on any atom is -0.480 e. The number of nitrogens with two attached hydrogens (primary N) is 1. The Morgan fingerprint density at radius 1 is 0.784 bits per heavy atom. The molecule has 11 nitrogen and oxygen atoms in total. The van der Waals surface area contributed by atoms with E-state index < -0.39 is 41.8 Å². The second-order valence-corrected chi connectivity index (χ2v) is 8.45. The smallest absolute Gasteiger partial charge is 0.326 e. The SMILES string of the molecule is NCC(=O)NC(Cc1ccccc1)C(=O)NC(Cc1ccccc1)C(=O)NC(Cc1cnc[nH]1)C(=O)O. The van der Waals surface area contributed by atoms with E-state index in [1.807, 2.05) is 36.4 Å². The fourth-order valence-corrected chi connectivity index (χ4v) is 3.73. The highest BCUT2D eigenvalue weighted by atomic mass is 16.4. The number of aliphatic carboxylic acids is 1. The van der Waals surface area contributed by atoms with Gasteiger partial charge in [-0.05, 0) is 11.1 Å². The Morgan fingerprint density at radius 3 is 1.76 bits per heavy atom. The van der Waals surface area contributed by atoms with Gasteiger partial charge in [0.15, 0.2) is 0 Å². The van der Waals surface area contributed by atoms with Crippen LogP contribution in [0.15, 0.2) is 73.2 Å². The molecule has 0 bridgehead atoms. The number of carboxylic acid groups (broad SMARTS) is 1. The van der Waals surface area contributed by atoms with Crippen molar-refractivity contribution in [3.63, 3.8) is 0 Å². The van der Waals surface area contributed by atoms with Crippen LogP contribution in [0.25, 0.3) is 0 Å². The van der Waals surface area contributed by atoms with E-state index in [4.69, 9.17) is 5.73 Å². The monoisotopic (exact) mass is 506 g/mol. The van der Waals surface area contributed by atoms with Crippen LogP contribution in [0.4, 0.5) is 0 Å². The topological polar surface area (TPSA) is 179 Å². The number of benzene rings is 2. The summed E-state index contributed by atoms with van der Waals surface area (Å²) in [5, 5.41) is 17.5. The third-order valence-electron chi connectivity index (χ3n) is 5.63. The summed E-state index contributed by atoms with van der Waals surface area (Å²) in [6, 6.07) is 14.7. The second kappa shape index (κ2) is 13.5. The van der Waals surface area contributed by atoms with Gasteiger partial charge in [0.2, 0.25) is 17.7 Å². The van der Waals surface area contributed by atoms with E-state index in [0.29, 0.717) is 5.69 Å². The van der Waals surface area contributed by atoms with Gasteiger partial charge in [-0.25, -0.2) is 9.78 Å². The van der Waals surface area contributed by atoms with E-state index in [9.17, 15) is 24.3 Å². The van der Waals surface area contributed by atoms with Crippen LogP contribution in [0.3, 0.4) is 0 Å². The molecule has 0 saturated heterocycles. The zero-order valence-corrected chi connectivity index (χ0v) is 20.1. The van der Waals surface area contributed by atoms with Crippen LogP contribution in [-0.2, 0) is 38.4 Å².